The monoisotopic (exact) mass is 240 g/mol. The average molecular weight is 240 g/mol. The van der Waals surface area contributed by atoms with Crippen molar-refractivity contribution in [1.29, 1.82) is 0 Å². The molecule has 0 spiro atoms. The standard InChI is InChI=1S/C12H20O3Si/c1-4-15-16(13-2,14-3)11-10-12-8-6-5-7-9-12/h5-9H,4,10-11H2,1-3H3. The highest BCUT2D eigenvalue weighted by Gasteiger charge is 2.37. The fourth-order valence-electron chi connectivity index (χ4n) is 1.64. The van der Waals surface area contributed by atoms with Gasteiger partial charge in [0.1, 0.15) is 0 Å². The quantitative estimate of drug-likeness (QED) is 0.685. The average Bonchev–Trinajstić information content (AvgIpc) is 2.36. The molecular weight excluding hydrogens is 220 g/mol. The van der Waals surface area contributed by atoms with Crippen LogP contribution in [0.15, 0.2) is 30.3 Å². The van der Waals surface area contributed by atoms with Crippen LogP contribution in [0.2, 0.25) is 6.04 Å². The highest BCUT2D eigenvalue weighted by atomic mass is 28.4. The third kappa shape index (κ3) is 3.72. The van der Waals surface area contributed by atoms with E-state index in [2.05, 4.69) is 12.1 Å². The second-order valence-corrected chi connectivity index (χ2v) is 6.48. The lowest BCUT2D eigenvalue weighted by Gasteiger charge is -2.25. The third-order valence-electron chi connectivity index (χ3n) is 2.55. The Balaban J connectivity index is 2.56. The van der Waals surface area contributed by atoms with E-state index in [1.165, 1.54) is 5.56 Å². The molecule has 0 aliphatic carbocycles. The second kappa shape index (κ2) is 6.80. The van der Waals surface area contributed by atoms with Crippen LogP contribution in [0.3, 0.4) is 0 Å². The molecule has 90 valence electrons. The molecule has 16 heavy (non-hydrogen) atoms. The van der Waals surface area contributed by atoms with Gasteiger partial charge in [0.2, 0.25) is 0 Å². The molecule has 1 aromatic rings. The number of hydrogen-bond donors (Lipinski definition) is 0. The van der Waals surface area contributed by atoms with E-state index < -0.39 is 8.80 Å². The van der Waals surface area contributed by atoms with Gasteiger partial charge in [-0.2, -0.15) is 0 Å². The summed E-state index contributed by atoms with van der Waals surface area (Å²) in [6, 6.07) is 11.1. The first-order chi connectivity index (χ1) is 7.76. The Kier molecular flexibility index (Phi) is 5.69. The van der Waals surface area contributed by atoms with Crippen LogP contribution in [0, 0.1) is 0 Å². The summed E-state index contributed by atoms with van der Waals surface area (Å²) in [6.45, 7) is 2.59. The van der Waals surface area contributed by atoms with Crippen LogP contribution in [-0.4, -0.2) is 29.6 Å². The van der Waals surface area contributed by atoms with Crippen molar-refractivity contribution in [2.45, 2.75) is 19.4 Å². The first kappa shape index (κ1) is 13.4. The molecule has 0 unspecified atom stereocenters. The maximum Gasteiger partial charge on any atom is 0.500 e. The maximum atomic E-state index is 5.64. The fraction of sp³-hybridized carbons (Fsp3) is 0.500. The van der Waals surface area contributed by atoms with Gasteiger partial charge in [-0.05, 0) is 18.9 Å². The zero-order chi connectivity index (χ0) is 11.9. The van der Waals surface area contributed by atoms with Crippen LogP contribution < -0.4 is 0 Å². The molecule has 0 aliphatic rings. The third-order valence-corrected chi connectivity index (χ3v) is 5.38. The van der Waals surface area contributed by atoms with E-state index in [0.717, 1.165) is 12.5 Å². The SMILES string of the molecule is CCO[Si](CCc1ccccc1)(OC)OC. The van der Waals surface area contributed by atoms with E-state index in [-0.39, 0.29) is 0 Å². The van der Waals surface area contributed by atoms with Crippen molar-refractivity contribution in [2.75, 3.05) is 20.8 Å². The predicted molar refractivity (Wildman–Crippen MR) is 66.4 cm³/mol. The van der Waals surface area contributed by atoms with E-state index in [1.807, 2.05) is 25.1 Å². The summed E-state index contributed by atoms with van der Waals surface area (Å²) in [6.07, 6.45) is 0.925. The summed E-state index contributed by atoms with van der Waals surface area (Å²) in [5, 5.41) is 0. The van der Waals surface area contributed by atoms with Gasteiger partial charge in [-0.1, -0.05) is 30.3 Å². The lowest BCUT2D eigenvalue weighted by molar-refractivity contribution is 0.104. The minimum Gasteiger partial charge on any atom is -0.377 e. The van der Waals surface area contributed by atoms with Crippen molar-refractivity contribution in [1.82, 2.24) is 0 Å². The maximum absolute atomic E-state index is 5.64. The predicted octanol–water partition coefficient (Wildman–Crippen LogP) is 2.50. The minimum atomic E-state index is -2.43. The summed E-state index contributed by atoms with van der Waals surface area (Å²) in [5.74, 6) is 0. The fourth-order valence-corrected chi connectivity index (χ4v) is 3.63. The number of rotatable bonds is 7. The first-order valence-corrected chi connectivity index (χ1v) is 7.47. The molecule has 0 aromatic heterocycles. The Labute approximate surface area is 98.7 Å². The summed E-state index contributed by atoms with van der Waals surface area (Å²) in [7, 11) is 0.900. The highest BCUT2D eigenvalue weighted by Crippen LogP contribution is 2.17. The smallest absolute Gasteiger partial charge is 0.377 e. The molecule has 0 amide bonds. The number of aryl methyl sites for hydroxylation is 1. The Morgan fingerprint density at radius 1 is 1.06 bits per heavy atom. The van der Waals surface area contributed by atoms with Crippen LogP contribution in [0.25, 0.3) is 0 Å². The van der Waals surface area contributed by atoms with Crippen molar-refractivity contribution in [3.63, 3.8) is 0 Å². The van der Waals surface area contributed by atoms with Crippen LogP contribution in [-0.2, 0) is 19.7 Å². The van der Waals surface area contributed by atoms with E-state index in [1.54, 1.807) is 14.2 Å². The van der Waals surface area contributed by atoms with E-state index >= 15 is 0 Å². The van der Waals surface area contributed by atoms with E-state index in [9.17, 15) is 0 Å². The van der Waals surface area contributed by atoms with Gasteiger partial charge in [-0.3, -0.25) is 0 Å². The van der Waals surface area contributed by atoms with Gasteiger partial charge in [0.05, 0.1) is 0 Å². The van der Waals surface area contributed by atoms with Gasteiger partial charge in [-0.15, -0.1) is 0 Å². The van der Waals surface area contributed by atoms with Crippen LogP contribution in [0.1, 0.15) is 12.5 Å². The van der Waals surface area contributed by atoms with Crippen molar-refractivity contribution in [3.05, 3.63) is 35.9 Å². The van der Waals surface area contributed by atoms with Crippen molar-refractivity contribution < 1.29 is 13.3 Å². The summed E-state index contributed by atoms with van der Waals surface area (Å²) < 4.78 is 16.5. The van der Waals surface area contributed by atoms with Gasteiger partial charge >= 0.3 is 8.80 Å². The minimum absolute atomic E-state index is 0.628. The summed E-state index contributed by atoms with van der Waals surface area (Å²) in [4.78, 5) is 0. The zero-order valence-corrected chi connectivity index (χ0v) is 11.2. The van der Waals surface area contributed by atoms with Crippen molar-refractivity contribution in [3.8, 4) is 0 Å². The summed E-state index contributed by atoms with van der Waals surface area (Å²) in [5.41, 5.74) is 1.29. The lowest BCUT2D eigenvalue weighted by Crippen LogP contribution is -2.44. The van der Waals surface area contributed by atoms with Gasteiger partial charge in [0.25, 0.3) is 0 Å². The molecule has 0 saturated heterocycles. The van der Waals surface area contributed by atoms with Crippen LogP contribution in [0.5, 0.6) is 0 Å². The Bertz CT molecular complexity index is 286. The Morgan fingerprint density at radius 2 is 1.69 bits per heavy atom. The van der Waals surface area contributed by atoms with Crippen molar-refractivity contribution in [2.24, 2.45) is 0 Å². The molecular formula is C12H20O3Si. The molecule has 0 aliphatic heterocycles. The molecule has 0 saturated carbocycles. The van der Waals surface area contributed by atoms with Gasteiger partial charge in [-0.25, -0.2) is 0 Å². The molecule has 3 nitrogen and oxygen atoms in total. The molecule has 1 aromatic carbocycles. The topological polar surface area (TPSA) is 27.7 Å². The van der Waals surface area contributed by atoms with Gasteiger partial charge in [0.15, 0.2) is 0 Å². The Hall–Kier alpha value is -0.683. The molecule has 0 fully saturated rings. The molecule has 1 rings (SSSR count). The zero-order valence-electron chi connectivity index (χ0n) is 10.2. The molecule has 0 bridgehead atoms. The van der Waals surface area contributed by atoms with E-state index in [0.29, 0.717) is 6.61 Å². The molecule has 4 heteroatoms. The van der Waals surface area contributed by atoms with Crippen molar-refractivity contribution >= 4 is 8.80 Å². The Morgan fingerprint density at radius 3 is 2.19 bits per heavy atom. The lowest BCUT2D eigenvalue weighted by atomic mass is 10.2. The molecule has 0 radical (unpaired) electrons. The van der Waals surface area contributed by atoms with Gasteiger partial charge in [0, 0.05) is 26.9 Å². The first-order valence-electron chi connectivity index (χ1n) is 5.54. The van der Waals surface area contributed by atoms with Gasteiger partial charge < -0.3 is 13.3 Å². The number of benzene rings is 1. The second-order valence-electron chi connectivity index (χ2n) is 3.51. The van der Waals surface area contributed by atoms with Crippen LogP contribution >= 0.6 is 0 Å². The number of hydrogen-bond acceptors (Lipinski definition) is 3. The highest BCUT2D eigenvalue weighted by molar-refractivity contribution is 6.60. The summed E-state index contributed by atoms with van der Waals surface area (Å²) >= 11 is 0. The molecule has 0 heterocycles. The van der Waals surface area contributed by atoms with E-state index in [4.69, 9.17) is 13.3 Å². The molecule has 0 N–H and O–H groups in total. The normalized spacial score (nSPS) is 11.7. The van der Waals surface area contributed by atoms with Crippen LogP contribution in [0.4, 0.5) is 0 Å². The molecule has 0 atom stereocenters. The largest absolute Gasteiger partial charge is 0.500 e.